The van der Waals surface area contributed by atoms with Crippen molar-refractivity contribution in [2.45, 2.75) is 6.92 Å². The fraction of sp³-hybridized carbons (Fsp3) is 0.111. The Kier molecular flexibility index (Phi) is 3.05. The fourth-order valence-corrected chi connectivity index (χ4v) is 2.00. The van der Waals surface area contributed by atoms with Gasteiger partial charge >= 0.3 is 0 Å². The van der Waals surface area contributed by atoms with Crippen LogP contribution in [-0.4, -0.2) is 15.0 Å². The third-order valence-corrected chi connectivity index (χ3v) is 4.65. The molecule has 0 radical (unpaired) electrons. The maximum Gasteiger partial charge on any atom is 0.157 e. The summed E-state index contributed by atoms with van der Waals surface area (Å²) in [4.78, 5) is 0. The van der Waals surface area contributed by atoms with Gasteiger partial charge in [0.2, 0.25) is 0 Å². The van der Waals surface area contributed by atoms with Crippen LogP contribution in [0.1, 0.15) is 5.56 Å². The van der Waals surface area contributed by atoms with Gasteiger partial charge in [-0.15, -0.1) is 5.10 Å². The van der Waals surface area contributed by atoms with Crippen molar-refractivity contribution in [1.82, 2.24) is 15.0 Å². The number of aryl methyl sites for hydroxylation is 1. The van der Waals surface area contributed by atoms with Gasteiger partial charge in [0.25, 0.3) is 0 Å². The Balaban J connectivity index is 2.60. The summed E-state index contributed by atoms with van der Waals surface area (Å²) in [5.41, 5.74) is 2.29. The third-order valence-electron chi connectivity index (χ3n) is 1.92. The number of halogens is 2. The summed E-state index contributed by atoms with van der Waals surface area (Å²) in [6, 6.07) is 8.14. The quantitative estimate of drug-likeness (QED) is 0.677. The number of aromatic nitrogens is 3. The van der Waals surface area contributed by atoms with Gasteiger partial charge < -0.3 is 0 Å². The molecule has 0 bridgehead atoms. The van der Waals surface area contributed by atoms with Crippen LogP contribution in [0.25, 0.3) is 5.69 Å². The Hall–Kier alpha value is -0.180. The molecule has 14 heavy (non-hydrogen) atoms. The average molecular weight is 411 g/mol. The zero-order chi connectivity index (χ0) is 10.1. The van der Waals surface area contributed by atoms with E-state index in [1.807, 2.05) is 22.9 Å². The van der Waals surface area contributed by atoms with Crippen LogP contribution in [0.3, 0.4) is 0 Å². The van der Waals surface area contributed by atoms with Crippen LogP contribution < -0.4 is 0 Å². The number of rotatable bonds is 1. The van der Waals surface area contributed by atoms with Gasteiger partial charge in [0.1, 0.15) is 3.70 Å². The zero-order valence-electron chi connectivity index (χ0n) is 7.41. The highest BCUT2D eigenvalue weighted by Gasteiger charge is 2.09. The SMILES string of the molecule is Cc1ccccc1-n1nnc(I)c1I. The lowest BCUT2D eigenvalue weighted by atomic mass is 10.2. The van der Waals surface area contributed by atoms with Gasteiger partial charge in [-0.25, -0.2) is 4.68 Å². The number of nitrogens with zero attached hydrogens (tertiary/aromatic N) is 3. The van der Waals surface area contributed by atoms with Gasteiger partial charge in [0.15, 0.2) is 3.70 Å². The van der Waals surface area contributed by atoms with E-state index >= 15 is 0 Å². The largest absolute Gasteiger partial charge is 0.206 e. The Morgan fingerprint density at radius 1 is 1.21 bits per heavy atom. The van der Waals surface area contributed by atoms with Gasteiger partial charge in [-0.05, 0) is 63.7 Å². The first kappa shape index (κ1) is 10.3. The lowest BCUT2D eigenvalue weighted by Crippen LogP contribution is -2.01. The molecule has 0 fully saturated rings. The summed E-state index contributed by atoms with van der Waals surface area (Å²) in [6.07, 6.45) is 0. The monoisotopic (exact) mass is 411 g/mol. The molecule has 0 aliphatic rings. The predicted octanol–water partition coefficient (Wildman–Crippen LogP) is 2.78. The summed E-state index contributed by atoms with van der Waals surface area (Å²) in [7, 11) is 0. The second-order valence-electron chi connectivity index (χ2n) is 2.87. The van der Waals surface area contributed by atoms with Gasteiger partial charge in [-0.2, -0.15) is 0 Å². The van der Waals surface area contributed by atoms with Crippen LogP contribution in [0.15, 0.2) is 24.3 Å². The Morgan fingerprint density at radius 2 is 1.93 bits per heavy atom. The molecule has 72 valence electrons. The topological polar surface area (TPSA) is 30.7 Å². The molecule has 0 aliphatic heterocycles. The van der Waals surface area contributed by atoms with Gasteiger partial charge in [0, 0.05) is 0 Å². The van der Waals surface area contributed by atoms with Gasteiger partial charge in [0.05, 0.1) is 5.69 Å². The van der Waals surface area contributed by atoms with E-state index in [0.717, 1.165) is 13.1 Å². The predicted molar refractivity (Wildman–Crippen MR) is 71.5 cm³/mol. The summed E-state index contributed by atoms with van der Waals surface area (Å²) in [6.45, 7) is 2.07. The fourth-order valence-electron chi connectivity index (χ4n) is 1.21. The van der Waals surface area contributed by atoms with E-state index in [0.29, 0.717) is 0 Å². The molecule has 1 heterocycles. The summed E-state index contributed by atoms with van der Waals surface area (Å²) >= 11 is 4.43. The minimum Gasteiger partial charge on any atom is -0.206 e. The van der Waals surface area contributed by atoms with Gasteiger partial charge in [-0.1, -0.05) is 23.4 Å². The maximum absolute atomic E-state index is 4.10. The number of benzene rings is 1. The van der Waals surface area contributed by atoms with Crippen LogP contribution in [0.2, 0.25) is 0 Å². The molecule has 0 spiro atoms. The van der Waals surface area contributed by atoms with Crippen molar-refractivity contribution < 1.29 is 0 Å². The Morgan fingerprint density at radius 3 is 2.50 bits per heavy atom. The first-order valence-corrected chi connectivity index (χ1v) is 6.18. The third kappa shape index (κ3) is 1.79. The van der Waals surface area contributed by atoms with E-state index < -0.39 is 0 Å². The standard InChI is InChI=1S/C9H7I2N3/c1-6-4-2-3-5-7(6)14-9(11)8(10)12-13-14/h2-5H,1H3. The second kappa shape index (κ2) is 4.13. The molecule has 1 aromatic heterocycles. The highest BCUT2D eigenvalue weighted by molar-refractivity contribution is 14.1. The van der Waals surface area contributed by atoms with E-state index in [9.17, 15) is 0 Å². The van der Waals surface area contributed by atoms with E-state index in [4.69, 9.17) is 0 Å². The summed E-state index contributed by atoms with van der Waals surface area (Å²) < 4.78 is 3.85. The Bertz CT molecular complexity index is 465. The maximum atomic E-state index is 4.10. The molecule has 0 aliphatic carbocycles. The van der Waals surface area contributed by atoms with Crippen molar-refractivity contribution in [3.63, 3.8) is 0 Å². The molecule has 0 unspecified atom stereocenters. The van der Waals surface area contributed by atoms with Crippen LogP contribution in [0, 0.1) is 14.3 Å². The lowest BCUT2D eigenvalue weighted by molar-refractivity contribution is 0.785. The highest BCUT2D eigenvalue weighted by Crippen LogP contribution is 2.18. The van der Waals surface area contributed by atoms with Crippen LogP contribution in [-0.2, 0) is 0 Å². The average Bonchev–Trinajstić information content (AvgIpc) is 2.49. The summed E-state index contributed by atoms with van der Waals surface area (Å²) in [5, 5.41) is 8.12. The Labute approximate surface area is 109 Å². The van der Waals surface area contributed by atoms with Crippen molar-refractivity contribution >= 4 is 45.2 Å². The van der Waals surface area contributed by atoms with Gasteiger partial charge in [-0.3, -0.25) is 0 Å². The molecule has 0 amide bonds. The molecule has 0 N–H and O–H groups in total. The molecular formula is C9H7I2N3. The molecule has 0 atom stereocenters. The molecule has 5 heteroatoms. The molecule has 0 saturated heterocycles. The second-order valence-corrected chi connectivity index (χ2v) is 4.91. The van der Waals surface area contributed by atoms with Crippen molar-refractivity contribution in [3.05, 3.63) is 37.2 Å². The molecule has 2 aromatic rings. The van der Waals surface area contributed by atoms with Crippen molar-refractivity contribution in [2.24, 2.45) is 0 Å². The van der Waals surface area contributed by atoms with Crippen LogP contribution in [0.5, 0.6) is 0 Å². The number of hydrogen-bond donors (Lipinski definition) is 0. The zero-order valence-corrected chi connectivity index (χ0v) is 11.7. The normalized spacial score (nSPS) is 10.5. The van der Waals surface area contributed by atoms with Crippen LogP contribution >= 0.6 is 45.2 Å². The first-order chi connectivity index (χ1) is 6.70. The molecule has 2 rings (SSSR count). The van der Waals surface area contributed by atoms with Crippen molar-refractivity contribution in [2.75, 3.05) is 0 Å². The van der Waals surface area contributed by atoms with E-state index in [2.05, 4.69) is 68.5 Å². The van der Waals surface area contributed by atoms with Crippen LogP contribution in [0.4, 0.5) is 0 Å². The highest BCUT2D eigenvalue weighted by atomic mass is 127. The van der Waals surface area contributed by atoms with Crippen molar-refractivity contribution in [3.8, 4) is 5.69 Å². The first-order valence-electron chi connectivity index (χ1n) is 4.03. The van der Waals surface area contributed by atoms with E-state index in [1.54, 1.807) is 0 Å². The van der Waals surface area contributed by atoms with E-state index in [1.165, 1.54) is 5.56 Å². The minimum absolute atomic E-state index is 0.937. The number of para-hydroxylation sites is 1. The molecular weight excluding hydrogens is 404 g/mol. The molecule has 1 aromatic carbocycles. The minimum atomic E-state index is 0.937. The smallest absolute Gasteiger partial charge is 0.157 e. The molecule has 3 nitrogen and oxygen atoms in total. The molecule has 0 saturated carbocycles. The number of hydrogen-bond acceptors (Lipinski definition) is 2. The van der Waals surface area contributed by atoms with E-state index in [-0.39, 0.29) is 0 Å². The lowest BCUT2D eigenvalue weighted by Gasteiger charge is -2.04. The summed E-state index contributed by atoms with van der Waals surface area (Å²) in [5.74, 6) is 0. The van der Waals surface area contributed by atoms with Crippen molar-refractivity contribution in [1.29, 1.82) is 0 Å².